The van der Waals surface area contributed by atoms with E-state index in [4.69, 9.17) is 0 Å². The first-order valence-corrected chi connectivity index (χ1v) is 5.86. The van der Waals surface area contributed by atoms with Crippen LogP contribution in [0.4, 0.5) is 0 Å². The number of quaternary nitrogens is 1. The van der Waals surface area contributed by atoms with Crippen LogP contribution in [0, 0.1) is 0 Å². The highest BCUT2D eigenvalue weighted by atomic mass is 35.5. The highest BCUT2D eigenvalue weighted by molar-refractivity contribution is 4.87. The Kier molecular flexibility index (Phi) is 2.80. The number of rotatable bonds is 0. The maximum Gasteiger partial charge on any atom is 0.0919 e. The Morgan fingerprint density at radius 1 is 0.929 bits per heavy atom. The molecule has 3 fully saturated rings. The zero-order valence-corrected chi connectivity index (χ0v) is 9.42. The maximum absolute atomic E-state index is 9.72. The third-order valence-corrected chi connectivity index (χ3v) is 4.77. The lowest BCUT2D eigenvalue weighted by Crippen LogP contribution is -3.00. The number of hydrogen-bond donors (Lipinski definition) is 1. The van der Waals surface area contributed by atoms with Gasteiger partial charge in [0.15, 0.2) is 0 Å². The first-order valence-electron chi connectivity index (χ1n) is 5.86. The van der Waals surface area contributed by atoms with Gasteiger partial charge in [-0.2, -0.15) is 0 Å². The number of nitrogens with zero attached hydrogens (tertiary/aromatic N) is 1. The Morgan fingerprint density at radius 2 is 1.43 bits per heavy atom. The summed E-state index contributed by atoms with van der Waals surface area (Å²) in [5.74, 6) is 0. The first-order chi connectivity index (χ1) is 6.31. The molecule has 0 amide bonds. The Labute approximate surface area is 92.3 Å². The topological polar surface area (TPSA) is 20.2 Å². The molecule has 3 rings (SSSR count). The summed E-state index contributed by atoms with van der Waals surface area (Å²) < 4.78 is 1.41. The Balaban J connectivity index is 0.000000750. The van der Waals surface area contributed by atoms with Crippen LogP contribution in [-0.2, 0) is 0 Å². The molecule has 82 valence electrons. The van der Waals surface area contributed by atoms with Crippen molar-refractivity contribution in [3.05, 3.63) is 0 Å². The molecule has 0 aliphatic carbocycles. The van der Waals surface area contributed by atoms with Gasteiger partial charge in [0.25, 0.3) is 0 Å². The van der Waals surface area contributed by atoms with E-state index in [1.165, 1.54) is 43.3 Å². The fourth-order valence-corrected chi connectivity index (χ4v) is 4.23. The summed E-state index contributed by atoms with van der Waals surface area (Å²) in [4.78, 5) is 0. The van der Waals surface area contributed by atoms with E-state index in [2.05, 4.69) is 0 Å². The quantitative estimate of drug-likeness (QED) is 0.479. The van der Waals surface area contributed by atoms with Crippen molar-refractivity contribution in [2.24, 2.45) is 0 Å². The van der Waals surface area contributed by atoms with Crippen molar-refractivity contribution < 1.29 is 22.0 Å². The van der Waals surface area contributed by atoms with Gasteiger partial charge in [-0.25, -0.2) is 0 Å². The van der Waals surface area contributed by atoms with Crippen LogP contribution in [0.5, 0.6) is 0 Å². The molecule has 14 heavy (non-hydrogen) atoms. The van der Waals surface area contributed by atoms with Gasteiger partial charge in [-0.05, 0) is 0 Å². The standard InChI is InChI=1S/C11H20NO.ClH/c13-11-7-9-3-4-10(8-11)12(9)5-1-2-6-12;/h9-11,13H,1-8H2;1H/q+1;/p-1/t9-,10-;/m1./s1. The maximum atomic E-state index is 9.72. The highest BCUT2D eigenvalue weighted by Crippen LogP contribution is 2.45. The molecule has 0 aromatic heterocycles. The van der Waals surface area contributed by atoms with Crippen LogP contribution in [0.2, 0.25) is 0 Å². The molecule has 3 saturated heterocycles. The molecule has 0 saturated carbocycles. The molecular formula is C11H20ClNO. The van der Waals surface area contributed by atoms with Crippen LogP contribution in [0.15, 0.2) is 0 Å². The van der Waals surface area contributed by atoms with Gasteiger partial charge in [0, 0.05) is 38.5 Å². The van der Waals surface area contributed by atoms with E-state index in [0.717, 1.165) is 24.9 Å². The van der Waals surface area contributed by atoms with Crippen LogP contribution >= 0.6 is 0 Å². The summed E-state index contributed by atoms with van der Waals surface area (Å²) in [5, 5.41) is 9.72. The molecule has 1 spiro atoms. The summed E-state index contributed by atoms with van der Waals surface area (Å²) in [5.41, 5.74) is 0. The normalized spacial score (nSPS) is 43.9. The van der Waals surface area contributed by atoms with Gasteiger partial charge in [0.1, 0.15) is 0 Å². The zero-order chi connectivity index (χ0) is 8.89. The average molecular weight is 218 g/mol. The molecule has 3 heteroatoms. The minimum atomic E-state index is 0. The lowest BCUT2D eigenvalue weighted by molar-refractivity contribution is -0.956. The average Bonchev–Trinajstić information content (AvgIpc) is 2.63. The van der Waals surface area contributed by atoms with E-state index in [-0.39, 0.29) is 18.5 Å². The molecule has 3 heterocycles. The van der Waals surface area contributed by atoms with Crippen molar-refractivity contribution in [3.63, 3.8) is 0 Å². The number of aliphatic hydroxyl groups is 1. The van der Waals surface area contributed by atoms with Crippen LogP contribution < -0.4 is 12.4 Å². The SMILES string of the molecule is OC1C[C@H]2CC[C@H](C1)[N+]21CCCC1.[Cl-]. The van der Waals surface area contributed by atoms with Crippen molar-refractivity contribution in [3.8, 4) is 0 Å². The molecule has 2 nitrogen and oxygen atoms in total. The molecule has 3 aliphatic heterocycles. The van der Waals surface area contributed by atoms with Gasteiger partial charge in [-0.3, -0.25) is 0 Å². The zero-order valence-electron chi connectivity index (χ0n) is 8.66. The van der Waals surface area contributed by atoms with Gasteiger partial charge in [0.2, 0.25) is 0 Å². The fourth-order valence-electron chi connectivity index (χ4n) is 4.23. The van der Waals surface area contributed by atoms with Crippen molar-refractivity contribution in [2.45, 2.75) is 56.7 Å². The molecule has 0 radical (unpaired) electrons. The molecule has 3 aliphatic rings. The summed E-state index contributed by atoms with van der Waals surface area (Å²) in [6.07, 6.45) is 7.87. The minimum Gasteiger partial charge on any atom is -1.00 e. The van der Waals surface area contributed by atoms with Crippen molar-refractivity contribution in [1.29, 1.82) is 0 Å². The number of halogens is 1. The van der Waals surface area contributed by atoms with E-state index >= 15 is 0 Å². The lowest BCUT2D eigenvalue weighted by atomic mass is 9.97. The van der Waals surface area contributed by atoms with Crippen molar-refractivity contribution in [2.75, 3.05) is 13.1 Å². The van der Waals surface area contributed by atoms with E-state index < -0.39 is 0 Å². The Bertz CT molecular complexity index is 199. The number of piperidine rings is 1. The molecule has 2 atom stereocenters. The second-order valence-electron chi connectivity index (χ2n) is 5.27. The molecule has 1 N–H and O–H groups in total. The Morgan fingerprint density at radius 3 is 1.93 bits per heavy atom. The highest BCUT2D eigenvalue weighted by Gasteiger charge is 2.54. The molecule has 0 unspecified atom stereocenters. The summed E-state index contributed by atoms with van der Waals surface area (Å²) in [6, 6.07) is 1.66. The summed E-state index contributed by atoms with van der Waals surface area (Å²) in [7, 11) is 0. The van der Waals surface area contributed by atoms with E-state index in [9.17, 15) is 5.11 Å². The predicted molar refractivity (Wildman–Crippen MR) is 51.3 cm³/mol. The van der Waals surface area contributed by atoms with Crippen LogP contribution in [0.25, 0.3) is 0 Å². The third kappa shape index (κ3) is 1.31. The molecular weight excluding hydrogens is 198 g/mol. The third-order valence-electron chi connectivity index (χ3n) is 4.77. The van der Waals surface area contributed by atoms with Gasteiger partial charge >= 0.3 is 0 Å². The van der Waals surface area contributed by atoms with Crippen LogP contribution in [0.1, 0.15) is 38.5 Å². The van der Waals surface area contributed by atoms with Gasteiger partial charge in [-0.1, -0.05) is 0 Å². The van der Waals surface area contributed by atoms with Gasteiger partial charge in [-0.15, -0.1) is 0 Å². The second-order valence-corrected chi connectivity index (χ2v) is 5.27. The predicted octanol–water partition coefficient (Wildman–Crippen LogP) is -1.71. The smallest absolute Gasteiger partial charge is 0.0919 e. The molecule has 0 aromatic rings. The van der Waals surface area contributed by atoms with E-state index in [1.807, 2.05) is 0 Å². The molecule has 2 bridgehead atoms. The van der Waals surface area contributed by atoms with E-state index in [0.29, 0.717) is 0 Å². The summed E-state index contributed by atoms with van der Waals surface area (Å²) >= 11 is 0. The van der Waals surface area contributed by atoms with Crippen molar-refractivity contribution >= 4 is 0 Å². The first kappa shape index (κ1) is 10.7. The molecule has 0 aromatic carbocycles. The number of aliphatic hydroxyl groups excluding tert-OH is 1. The lowest BCUT2D eigenvalue weighted by Gasteiger charge is -2.46. The number of hydrogen-bond acceptors (Lipinski definition) is 1. The van der Waals surface area contributed by atoms with E-state index in [1.54, 1.807) is 0 Å². The van der Waals surface area contributed by atoms with Crippen LogP contribution in [0.3, 0.4) is 0 Å². The Hall–Kier alpha value is 0.210. The monoisotopic (exact) mass is 217 g/mol. The second kappa shape index (κ2) is 3.66. The largest absolute Gasteiger partial charge is 1.00 e. The van der Waals surface area contributed by atoms with Crippen LogP contribution in [-0.4, -0.2) is 40.9 Å². The minimum absolute atomic E-state index is 0. The van der Waals surface area contributed by atoms with Gasteiger partial charge < -0.3 is 22.0 Å². The van der Waals surface area contributed by atoms with Gasteiger partial charge in [0.05, 0.1) is 31.3 Å². The fraction of sp³-hybridized carbons (Fsp3) is 1.00. The van der Waals surface area contributed by atoms with Crippen molar-refractivity contribution in [1.82, 2.24) is 0 Å². The summed E-state index contributed by atoms with van der Waals surface area (Å²) in [6.45, 7) is 2.84.